The summed E-state index contributed by atoms with van der Waals surface area (Å²) in [5.74, 6) is -2.14. The van der Waals surface area contributed by atoms with Crippen LogP contribution < -0.4 is 11.5 Å². The van der Waals surface area contributed by atoms with Crippen LogP contribution in [-0.2, 0) is 15.6 Å². The van der Waals surface area contributed by atoms with Gasteiger partial charge in [-0.05, 0) is 24.3 Å². The molecule has 4 N–H and O–H groups in total. The van der Waals surface area contributed by atoms with Gasteiger partial charge in [-0.3, -0.25) is 9.78 Å². The minimum Gasteiger partial charge on any atom is -0.396 e. The minimum absolute atomic E-state index is 0.0241. The lowest BCUT2D eigenvalue weighted by molar-refractivity contribution is 0.1000. The van der Waals surface area contributed by atoms with Crippen LogP contribution in [0, 0.1) is 5.82 Å². The van der Waals surface area contributed by atoms with Crippen molar-refractivity contribution < 1.29 is 17.6 Å². The van der Waals surface area contributed by atoms with Gasteiger partial charge in [-0.1, -0.05) is 0 Å². The maximum absolute atomic E-state index is 13.7. The van der Waals surface area contributed by atoms with E-state index in [0.717, 1.165) is 12.1 Å². The van der Waals surface area contributed by atoms with Gasteiger partial charge in [0.1, 0.15) is 5.82 Å². The largest absolute Gasteiger partial charge is 0.396 e. The van der Waals surface area contributed by atoms with E-state index in [4.69, 9.17) is 11.5 Å². The van der Waals surface area contributed by atoms with E-state index < -0.39 is 27.3 Å². The molecule has 1 heterocycles. The molecule has 21 heavy (non-hydrogen) atoms. The second-order valence-corrected chi connectivity index (χ2v) is 6.30. The number of primary amides is 1. The Bertz CT molecular complexity index is 806. The summed E-state index contributed by atoms with van der Waals surface area (Å²) < 4.78 is 38.2. The molecular weight excluding hydrogens is 297 g/mol. The van der Waals surface area contributed by atoms with E-state index in [0.29, 0.717) is 0 Å². The van der Waals surface area contributed by atoms with E-state index in [1.165, 1.54) is 24.5 Å². The Kier molecular flexibility index (Phi) is 3.90. The number of carbonyl (C=O) groups excluding carboxylic acids is 1. The van der Waals surface area contributed by atoms with Gasteiger partial charge < -0.3 is 11.5 Å². The first-order valence-electron chi connectivity index (χ1n) is 5.82. The van der Waals surface area contributed by atoms with Crippen molar-refractivity contribution in [3.05, 3.63) is 53.6 Å². The topological polar surface area (TPSA) is 116 Å². The molecule has 1 aromatic heterocycles. The number of hydrogen-bond acceptors (Lipinski definition) is 5. The van der Waals surface area contributed by atoms with Gasteiger partial charge >= 0.3 is 0 Å². The number of nitrogens with zero attached hydrogens (tertiary/aromatic N) is 1. The van der Waals surface area contributed by atoms with Gasteiger partial charge in [-0.15, -0.1) is 0 Å². The van der Waals surface area contributed by atoms with E-state index in [-0.39, 0.29) is 21.7 Å². The predicted octanol–water partition coefficient (Wildman–Crippen LogP) is 0.876. The molecule has 6 nitrogen and oxygen atoms in total. The summed E-state index contributed by atoms with van der Waals surface area (Å²) in [5.41, 5.74) is 10.5. The number of hydrogen-bond donors (Lipinski definition) is 2. The molecule has 0 aliphatic rings. The van der Waals surface area contributed by atoms with E-state index >= 15 is 0 Å². The second kappa shape index (κ2) is 5.49. The van der Waals surface area contributed by atoms with Crippen LogP contribution in [0.1, 0.15) is 15.9 Å². The van der Waals surface area contributed by atoms with E-state index in [9.17, 15) is 17.6 Å². The molecule has 1 aromatic carbocycles. The summed E-state index contributed by atoms with van der Waals surface area (Å²) in [5, 5.41) is 0. The Morgan fingerprint density at radius 1 is 1.29 bits per heavy atom. The lowest BCUT2D eigenvalue weighted by Crippen LogP contribution is -2.13. The van der Waals surface area contributed by atoms with Crippen LogP contribution in [0.5, 0.6) is 0 Å². The van der Waals surface area contributed by atoms with Gasteiger partial charge in [-0.2, -0.15) is 0 Å². The Morgan fingerprint density at radius 2 is 2.00 bits per heavy atom. The zero-order chi connectivity index (χ0) is 15.6. The summed E-state index contributed by atoms with van der Waals surface area (Å²) in [6.07, 6.45) is 2.47. The Morgan fingerprint density at radius 3 is 2.62 bits per heavy atom. The monoisotopic (exact) mass is 309 g/mol. The number of pyridine rings is 1. The van der Waals surface area contributed by atoms with Crippen LogP contribution in [0.25, 0.3) is 0 Å². The first-order chi connectivity index (χ1) is 9.81. The van der Waals surface area contributed by atoms with Gasteiger partial charge in [0.25, 0.3) is 0 Å². The van der Waals surface area contributed by atoms with Crippen LogP contribution >= 0.6 is 0 Å². The SMILES string of the molecule is NC(=O)c1ccc(F)c(CS(=O)(=O)c2ccncc2N)c1. The minimum atomic E-state index is -3.87. The lowest BCUT2D eigenvalue weighted by Gasteiger charge is -2.08. The van der Waals surface area contributed by atoms with Crippen molar-refractivity contribution in [3.8, 4) is 0 Å². The lowest BCUT2D eigenvalue weighted by atomic mass is 10.1. The van der Waals surface area contributed by atoms with Gasteiger partial charge in [0, 0.05) is 17.3 Å². The Balaban J connectivity index is 2.44. The molecule has 1 amide bonds. The molecule has 0 saturated heterocycles. The maximum Gasteiger partial charge on any atom is 0.248 e. The molecule has 0 fully saturated rings. The van der Waals surface area contributed by atoms with E-state index in [2.05, 4.69) is 4.98 Å². The van der Waals surface area contributed by atoms with Crippen LogP contribution in [0.15, 0.2) is 41.6 Å². The number of benzene rings is 1. The quantitative estimate of drug-likeness (QED) is 0.869. The number of nitrogens with two attached hydrogens (primary N) is 2. The van der Waals surface area contributed by atoms with Gasteiger partial charge in [0.05, 0.1) is 22.5 Å². The Labute approximate surface area is 120 Å². The molecule has 2 aromatic rings. The zero-order valence-electron chi connectivity index (χ0n) is 10.8. The summed E-state index contributed by atoms with van der Waals surface area (Å²) >= 11 is 0. The fraction of sp³-hybridized carbons (Fsp3) is 0.0769. The summed E-state index contributed by atoms with van der Waals surface area (Å²) in [7, 11) is -3.87. The van der Waals surface area contributed by atoms with Gasteiger partial charge in [0.2, 0.25) is 5.91 Å². The predicted molar refractivity (Wildman–Crippen MR) is 74.5 cm³/mol. The van der Waals surface area contributed by atoms with Crippen LogP contribution in [0.3, 0.4) is 0 Å². The average molecular weight is 309 g/mol. The second-order valence-electron chi connectivity index (χ2n) is 4.34. The number of aromatic nitrogens is 1. The highest BCUT2D eigenvalue weighted by Crippen LogP contribution is 2.23. The van der Waals surface area contributed by atoms with Crippen molar-refractivity contribution in [1.82, 2.24) is 4.98 Å². The number of rotatable bonds is 4. The first-order valence-corrected chi connectivity index (χ1v) is 7.47. The van der Waals surface area contributed by atoms with Crippen LogP contribution in [0.4, 0.5) is 10.1 Å². The fourth-order valence-corrected chi connectivity index (χ4v) is 3.26. The summed E-state index contributed by atoms with van der Waals surface area (Å²) in [6, 6.07) is 4.54. The average Bonchev–Trinajstić information content (AvgIpc) is 2.41. The highest BCUT2D eigenvalue weighted by atomic mass is 32.2. The summed E-state index contributed by atoms with van der Waals surface area (Å²) in [6.45, 7) is 0. The molecule has 0 aliphatic carbocycles. The van der Waals surface area contributed by atoms with Crippen LogP contribution in [0.2, 0.25) is 0 Å². The molecule has 0 aliphatic heterocycles. The molecular formula is C13H12FN3O3S. The molecule has 0 atom stereocenters. The molecule has 0 radical (unpaired) electrons. The van der Waals surface area contributed by atoms with Crippen molar-refractivity contribution in [1.29, 1.82) is 0 Å². The molecule has 0 spiro atoms. The smallest absolute Gasteiger partial charge is 0.248 e. The molecule has 2 rings (SSSR count). The van der Waals surface area contributed by atoms with Crippen LogP contribution in [-0.4, -0.2) is 19.3 Å². The third-order valence-corrected chi connectivity index (χ3v) is 4.55. The third kappa shape index (κ3) is 3.16. The maximum atomic E-state index is 13.7. The number of amides is 1. The van der Waals surface area contributed by atoms with E-state index in [1.807, 2.05) is 0 Å². The Hall–Kier alpha value is -2.48. The van der Waals surface area contributed by atoms with Crippen molar-refractivity contribution in [2.24, 2.45) is 5.73 Å². The summed E-state index contributed by atoms with van der Waals surface area (Å²) in [4.78, 5) is 14.6. The molecule has 110 valence electrons. The van der Waals surface area contributed by atoms with Crippen molar-refractivity contribution >= 4 is 21.4 Å². The number of carbonyl (C=O) groups is 1. The standard InChI is InChI=1S/C13H12FN3O3S/c14-10-2-1-8(13(16)18)5-9(10)7-21(19,20)12-3-4-17-6-11(12)15/h1-6H,7,15H2,(H2,16,18). The van der Waals surface area contributed by atoms with Crippen molar-refractivity contribution in [2.45, 2.75) is 10.6 Å². The molecule has 8 heteroatoms. The third-order valence-electron chi connectivity index (χ3n) is 2.82. The molecule has 0 saturated carbocycles. The van der Waals surface area contributed by atoms with Crippen molar-refractivity contribution in [2.75, 3.05) is 5.73 Å². The van der Waals surface area contributed by atoms with E-state index in [1.54, 1.807) is 0 Å². The number of halogens is 1. The highest BCUT2D eigenvalue weighted by molar-refractivity contribution is 7.90. The normalized spacial score (nSPS) is 11.3. The van der Waals surface area contributed by atoms with Gasteiger partial charge in [-0.25, -0.2) is 12.8 Å². The van der Waals surface area contributed by atoms with Crippen molar-refractivity contribution in [3.63, 3.8) is 0 Å². The fourth-order valence-electron chi connectivity index (χ4n) is 1.80. The first kappa shape index (κ1) is 14.9. The highest BCUT2D eigenvalue weighted by Gasteiger charge is 2.21. The number of anilines is 1. The number of sulfone groups is 1. The van der Waals surface area contributed by atoms with Gasteiger partial charge in [0.15, 0.2) is 9.84 Å². The molecule has 0 unspecified atom stereocenters. The molecule has 0 bridgehead atoms. The zero-order valence-corrected chi connectivity index (χ0v) is 11.6. The number of nitrogen functional groups attached to an aromatic ring is 1.